The SMILES string of the molecule is CC(NC(=O)[C@H]1CCCCN1)c1ccc2c(c1)OCO2. The van der Waals surface area contributed by atoms with Crippen LogP contribution < -0.4 is 20.1 Å². The molecule has 3 rings (SSSR count). The maximum atomic E-state index is 12.2. The van der Waals surface area contributed by atoms with Crippen LogP contribution in [0.2, 0.25) is 0 Å². The van der Waals surface area contributed by atoms with Gasteiger partial charge < -0.3 is 20.1 Å². The molecule has 1 saturated heterocycles. The molecule has 1 aromatic rings. The van der Waals surface area contributed by atoms with Crippen molar-refractivity contribution in [2.24, 2.45) is 0 Å². The van der Waals surface area contributed by atoms with E-state index >= 15 is 0 Å². The number of amides is 1. The second-order valence-electron chi connectivity index (χ2n) is 5.35. The van der Waals surface area contributed by atoms with E-state index in [0.717, 1.165) is 42.9 Å². The molecule has 1 fully saturated rings. The normalized spacial score (nSPS) is 22.4. The summed E-state index contributed by atoms with van der Waals surface area (Å²) in [6.07, 6.45) is 3.19. The van der Waals surface area contributed by atoms with Gasteiger partial charge in [0.05, 0.1) is 12.1 Å². The maximum Gasteiger partial charge on any atom is 0.237 e. The zero-order valence-corrected chi connectivity index (χ0v) is 11.6. The topological polar surface area (TPSA) is 59.6 Å². The van der Waals surface area contributed by atoms with E-state index in [0.29, 0.717) is 0 Å². The lowest BCUT2D eigenvalue weighted by molar-refractivity contribution is -0.124. The molecule has 1 amide bonds. The third-order valence-electron chi connectivity index (χ3n) is 3.88. The largest absolute Gasteiger partial charge is 0.454 e. The van der Waals surface area contributed by atoms with Gasteiger partial charge in [-0.25, -0.2) is 0 Å². The van der Waals surface area contributed by atoms with Crippen LogP contribution in [0, 0.1) is 0 Å². The van der Waals surface area contributed by atoms with Crippen LogP contribution in [0.15, 0.2) is 18.2 Å². The number of nitrogens with one attached hydrogen (secondary N) is 2. The van der Waals surface area contributed by atoms with E-state index in [1.54, 1.807) is 0 Å². The second-order valence-corrected chi connectivity index (χ2v) is 5.35. The fraction of sp³-hybridized carbons (Fsp3) is 0.533. The van der Waals surface area contributed by atoms with E-state index < -0.39 is 0 Å². The van der Waals surface area contributed by atoms with Crippen LogP contribution in [0.5, 0.6) is 11.5 Å². The maximum absolute atomic E-state index is 12.2. The predicted molar refractivity (Wildman–Crippen MR) is 74.8 cm³/mol. The molecule has 1 aromatic carbocycles. The van der Waals surface area contributed by atoms with Gasteiger partial charge in [-0.2, -0.15) is 0 Å². The molecule has 5 nitrogen and oxygen atoms in total. The number of benzene rings is 1. The quantitative estimate of drug-likeness (QED) is 0.883. The molecule has 0 radical (unpaired) electrons. The average molecular weight is 276 g/mol. The molecule has 0 saturated carbocycles. The Hall–Kier alpha value is -1.75. The summed E-state index contributed by atoms with van der Waals surface area (Å²) in [7, 11) is 0. The number of fused-ring (bicyclic) bond motifs is 1. The third kappa shape index (κ3) is 2.72. The average Bonchev–Trinajstić information content (AvgIpc) is 2.95. The summed E-state index contributed by atoms with van der Waals surface area (Å²) >= 11 is 0. The Labute approximate surface area is 118 Å². The first-order chi connectivity index (χ1) is 9.74. The Balaban J connectivity index is 1.63. The van der Waals surface area contributed by atoms with E-state index in [-0.39, 0.29) is 24.8 Å². The van der Waals surface area contributed by atoms with Crippen LogP contribution in [0.1, 0.15) is 37.8 Å². The van der Waals surface area contributed by atoms with Crippen molar-refractivity contribution in [1.82, 2.24) is 10.6 Å². The van der Waals surface area contributed by atoms with Crippen molar-refractivity contribution in [3.8, 4) is 11.5 Å². The zero-order valence-electron chi connectivity index (χ0n) is 11.6. The Bertz CT molecular complexity index is 498. The Morgan fingerprint density at radius 3 is 3.00 bits per heavy atom. The first kappa shape index (κ1) is 13.2. The van der Waals surface area contributed by atoms with Crippen LogP contribution in [0.4, 0.5) is 0 Å². The zero-order chi connectivity index (χ0) is 13.9. The molecular formula is C15H20N2O3. The Morgan fingerprint density at radius 1 is 1.35 bits per heavy atom. The minimum absolute atomic E-state index is 0.0410. The summed E-state index contributed by atoms with van der Waals surface area (Å²) in [6.45, 7) is 3.18. The highest BCUT2D eigenvalue weighted by atomic mass is 16.7. The highest BCUT2D eigenvalue weighted by molar-refractivity contribution is 5.82. The lowest BCUT2D eigenvalue weighted by atomic mass is 10.0. The lowest BCUT2D eigenvalue weighted by Gasteiger charge is -2.24. The molecule has 0 aromatic heterocycles. The molecular weight excluding hydrogens is 256 g/mol. The second kappa shape index (κ2) is 5.71. The van der Waals surface area contributed by atoms with Crippen LogP contribution in [-0.4, -0.2) is 25.3 Å². The Morgan fingerprint density at radius 2 is 2.20 bits per heavy atom. The van der Waals surface area contributed by atoms with Gasteiger partial charge >= 0.3 is 0 Å². The summed E-state index contributed by atoms with van der Waals surface area (Å²) < 4.78 is 10.7. The molecule has 20 heavy (non-hydrogen) atoms. The summed E-state index contributed by atoms with van der Waals surface area (Å²) in [5.41, 5.74) is 1.03. The van der Waals surface area contributed by atoms with Crippen molar-refractivity contribution in [3.63, 3.8) is 0 Å². The van der Waals surface area contributed by atoms with Crippen LogP contribution in [-0.2, 0) is 4.79 Å². The van der Waals surface area contributed by atoms with Gasteiger partial charge in [0, 0.05) is 0 Å². The molecule has 5 heteroatoms. The van der Waals surface area contributed by atoms with E-state index in [9.17, 15) is 4.79 Å². The van der Waals surface area contributed by atoms with Crippen molar-refractivity contribution in [1.29, 1.82) is 0 Å². The molecule has 2 aliphatic heterocycles. The molecule has 0 bridgehead atoms. The molecule has 2 N–H and O–H groups in total. The minimum Gasteiger partial charge on any atom is -0.454 e. The monoisotopic (exact) mass is 276 g/mol. The molecule has 0 spiro atoms. The van der Waals surface area contributed by atoms with E-state index in [1.165, 1.54) is 0 Å². The first-order valence-electron chi connectivity index (χ1n) is 7.17. The molecule has 2 atom stereocenters. The van der Waals surface area contributed by atoms with Crippen molar-refractivity contribution < 1.29 is 14.3 Å². The van der Waals surface area contributed by atoms with Crippen LogP contribution in [0.25, 0.3) is 0 Å². The van der Waals surface area contributed by atoms with Crippen LogP contribution in [0.3, 0.4) is 0 Å². The number of rotatable bonds is 3. The summed E-state index contributed by atoms with van der Waals surface area (Å²) in [6, 6.07) is 5.69. The number of ether oxygens (including phenoxy) is 2. The van der Waals surface area contributed by atoms with E-state index in [1.807, 2.05) is 25.1 Å². The van der Waals surface area contributed by atoms with Gasteiger partial charge in [0.1, 0.15) is 0 Å². The number of carbonyl (C=O) groups excluding carboxylic acids is 1. The fourth-order valence-electron chi connectivity index (χ4n) is 2.66. The highest BCUT2D eigenvalue weighted by Crippen LogP contribution is 2.34. The molecule has 0 aliphatic carbocycles. The van der Waals surface area contributed by atoms with Crippen molar-refractivity contribution in [2.45, 2.75) is 38.3 Å². The number of carbonyl (C=O) groups is 1. The predicted octanol–water partition coefficient (Wildman–Crippen LogP) is 1.73. The first-order valence-corrected chi connectivity index (χ1v) is 7.17. The molecule has 2 aliphatic rings. The molecule has 1 unspecified atom stereocenters. The van der Waals surface area contributed by atoms with Gasteiger partial charge in [-0.3, -0.25) is 4.79 Å². The summed E-state index contributed by atoms with van der Waals surface area (Å²) in [5.74, 6) is 1.59. The molecule has 2 heterocycles. The van der Waals surface area contributed by atoms with Crippen LogP contribution >= 0.6 is 0 Å². The lowest BCUT2D eigenvalue weighted by Crippen LogP contribution is -2.47. The summed E-state index contributed by atoms with van der Waals surface area (Å²) in [5, 5.41) is 6.32. The van der Waals surface area contributed by atoms with Crippen molar-refractivity contribution in [3.05, 3.63) is 23.8 Å². The molecule has 108 valence electrons. The van der Waals surface area contributed by atoms with Crippen molar-refractivity contribution >= 4 is 5.91 Å². The Kier molecular flexibility index (Phi) is 3.78. The number of piperidine rings is 1. The van der Waals surface area contributed by atoms with Gasteiger partial charge in [-0.1, -0.05) is 12.5 Å². The van der Waals surface area contributed by atoms with Gasteiger partial charge in [0.15, 0.2) is 11.5 Å². The van der Waals surface area contributed by atoms with E-state index in [2.05, 4.69) is 10.6 Å². The minimum atomic E-state index is -0.0554. The number of hydrogen-bond acceptors (Lipinski definition) is 4. The van der Waals surface area contributed by atoms with Gasteiger partial charge in [-0.15, -0.1) is 0 Å². The smallest absolute Gasteiger partial charge is 0.237 e. The summed E-state index contributed by atoms with van der Waals surface area (Å²) in [4.78, 5) is 12.2. The fourth-order valence-corrected chi connectivity index (χ4v) is 2.66. The van der Waals surface area contributed by atoms with Gasteiger partial charge in [0.25, 0.3) is 0 Å². The third-order valence-corrected chi connectivity index (χ3v) is 3.88. The number of hydrogen-bond donors (Lipinski definition) is 2. The standard InChI is InChI=1S/C15H20N2O3/c1-10(17-15(18)12-4-2-3-7-16-12)11-5-6-13-14(8-11)20-9-19-13/h5-6,8,10,12,16H,2-4,7,9H2,1H3,(H,17,18)/t10?,12-/m1/s1. The van der Waals surface area contributed by atoms with Crippen molar-refractivity contribution in [2.75, 3.05) is 13.3 Å². The van der Waals surface area contributed by atoms with Gasteiger partial charge in [0.2, 0.25) is 12.7 Å². The van der Waals surface area contributed by atoms with E-state index in [4.69, 9.17) is 9.47 Å². The highest BCUT2D eigenvalue weighted by Gasteiger charge is 2.23. The van der Waals surface area contributed by atoms with Gasteiger partial charge in [-0.05, 0) is 44.0 Å².